The molecule has 1 heterocycles. The zero-order chi connectivity index (χ0) is 13.2. The van der Waals surface area contributed by atoms with E-state index in [9.17, 15) is 9.90 Å². The van der Waals surface area contributed by atoms with Gasteiger partial charge in [-0.05, 0) is 19.3 Å². The summed E-state index contributed by atoms with van der Waals surface area (Å²) >= 11 is 0. The number of aliphatic hydroxyl groups is 1. The minimum absolute atomic E-state index is 0.176. The second-order valence-electron chi connectivity index (χ2n) is 5.46. The molecule has 1 saturated heterocycles. The van der Waals surface area contributed by atoms with Gasteiger partial charge in [0.2, 0.25) is 0 Å². The molecule has 0 aromatic rings. The summed E-state index contributed by atoms with van der Waals surface area (Å²) in [6.45, 7) is 5.15. The molecule has 1 N–H and O–H groups in total. The van der Waals surface area contributed by atoms with Gasteiger partial charge in [-0.15, -0.1) is 0 Å². The van der Waals surface area contributed by atoms with Crippen LogP contribution in [0, 0.1) is 5.41 Å². The number of ketones is 1. The predicted octanol–water partition coefficient (Wildman–Crippen LogP) is 2.04. The maximum atomic E-state index is 12.4. The molecule has 0 aromatic carbocycles. The van der Waals surface area contributed by atoms with Crippen LogP contribution in [-0.2, 0) is 14.3 Å². The minimum Gasteiger partial charge on any atom is -0.392 e. The van der Waals surface area contributed by atoms with E-state index >= 15 is 0 Å². The van der Waals surface area contributed by atoms with Crippen LogP contribution in [-0.4, -0.2) is 36.0 Å². The number of hydrogen-bond donors (Lipinski definition) is 1. The van der Waals surface area contributed by atoms with Crippen LogP contribution < -0.4 is 0 Å². The first-order valence-corrected chi connectivity index (χ1v) is 7.08. The summed E-state index contributed by atoms with van der Waals surface area (Å²) in [4.78, 5) is 12.4. The number of carbonyl (C=O) groups is 1. The van der Waals surface area contributed by atoms with Crippen LogP contribution in [0.1, 0.15) is 52.4 Å². The molecule has 1 aliphatic heterocycles. The molecule has 104 valence electrons. The van der Waals surface area contributed by atoms with E-state index < -0.39 is 17.3 Å². The van der Waals surface area contributed by atoms with Crippen LogP contribution in [0.5, 0.6) is 0 Å². The lowest BCUT2D eigenvalue weighted by atomic mass is 9.71. The number of carbonyl (C=O) groups excluding carboxylic acids is 1. The highest BCUT2D eigenvalue weighted by molar-refractivity contribution is 5.85. The van der Waals surface area contributed by atoms with Gasteiger partial charge in [-0.2, -0.15) is 0 Å². The Labute approximate surface area is 109 Å². The monoisotopic (exact) mass is 256 g/mol. The van der Waals surface area contributed by atoms with Crippen LogP contribution in [0.15, 0.2) is 0 Å². The van der Waals surface area contributed by atoms with Crippen molar-refractivity contribution in [3.8, 4) is 0 Å². The van der Waals surface area contributed by atoms with Gasteiger partial charge in [-0.1, -0.05) is 13.8 Å². The summed E-state index contributed by atoms with van der Waals surface area (Å²) < 4.78 is 11.4. The van der Waals surface area contributed by atoms with E-state index in [-0.39, 0.29) is 5.78 Å². The Morgan fingerprint density at radius 1 is 1.22 bits per heavy atom. The maximum Gasteiger partial charge on any atom is 0.168 e. The van der Waals surface area contributed by atoms with E-state index in [1.165, 1.54) is 0 Å². The van der Waals surface area contributed by atoms with Gasteiger partial charge in [0.15, 0.2) is 5.79 Å². The third kappa shape index (κ3) is 2.22. The molecule has 4 nitrogen and oxygen atoms in total. The molecular weight excluding hydrogens is 232 g/mol. The predicted molar refractivity (Wildman–Crippen MR) is 67.1 cm³/mol. The quantitative estimate of drug-likeness (QED) is 0.839. The SMILES string of the molecule is CCC(O)C1(CC)CCC2(CCC1=O)OCCO2. The van der Waals surface area contributed by atoms with Crippen molar-refractivity contribution in [1.82, 2.24) is 0 Å². The zero-order valence-corrected chi connectivity index (χ0v) is 11.4. The lowest BCUT2D eigenvalue weighted by Crippen LogP contribution is -2.41. The first-order chi connectivity index (χ1) is 8.58. The van der Waals surface area contributed by atoms with Crippen molar-refractivity contribution in [2.24, 2.45) is 5.41 Å². The fourth-order valence-electron chi connectivity index (χ4n) is 3.37. The van der Waals surface area contributed by atoms with E-state index in [1.807, 2.05) is 13.8 Å². The second-order valence-corrected chi connectivity index (χ2v) is 5.46. The van der Waals surface area contributed by atoms with Crippen LogP contribution in [0.25, 0.3) is 0 Å². The summed E-state index contributed by atoms with van der Waals surface area (Å²) in [5.41, 5.74) is -0.590. The molecule has 1 spiro atoms. The second kappa shape index (κ2) is 5.27. The molecule has 1 aliphatic carbocycles. The molecule has 2 rings (SSSR count). The summed E-state index contributed by atoms with van der Waals surface area (Å²) in [5.74, 6) is -0.379. The van der Waals surface area contributed by atoms with E-state index in [2.05, 4.69) is 0 Å². The fourth-order valence-corrected chi connectivity index (χ4v) is 3.37. The fraction of sp³-hybridized carbons (Fsp3) is 0.929. The number of rotatable bonds is 3. The van der Waals surface area contributed by atoms with Crippen molar-refractivity contribution in [2.45, 2.75) is 64.3 Å². The van der Waals surface area contributed by atoms with Crippen molar-refractivity contribution in [1.29, 1.82) is 0 Å². The van der Waals surface area contributed by atoms with Crippen LogP contribution in [0.3, 0.4) is 0 Å². The first kappa shape index (κ1) is 14.0. The number of aliphatic hydroxyl groups excluding tert-OH is 1. The van der Waals surface area contributed by atoms with E-state index in [0.29, 0.717) is 51.7 Å². The Morgan fingerprint density at radius 3 is 2.44 bits per heavy atom. The average molecular weight is 256 g/mol. The molecule has 0 radical (unpaired) electrons. The van der Waals surface area contributed by atoms with Crippen molar-refractivity contribution in [3.63, 3.8) is 0 Å². The van der Waals surface area contributed by atoms with E-state index in [0.717, 1.165) is 0 Å². The van der Waals surface area contributed by atoms with Crippen molar-refractivity contribution in [3.05, 3.63) is 0 Å². The van der Waals surface area contributed by atoms with Gasteiger partial charge in [0, 0.05) is 19.3 Å². The molecule has 2 fully saturated rings. The van der Waals surface area contributed by atoms with Gasteiger partial charge in [-0.3, -0.25) is 4.79 Å². The largest absolute Gasteiger partial charge is 0.392 e. The molecule has 0 amide bonds. The van der Waals surface area contributed by atoms with Crippen molar-refractivity contribution in [2.75, 3.05) is 13.2 Å². The lowest BCUT2D eigenvalue weighted by Gasteiger charge is -2.35. The third-order valence-electron chi connectivity index (χ3n) is 4.71. The number of hydrogen-bond acceptors (Lipinski definition) is 4. The first-order valence-electron chi connectivity index (χ1n) is 7.08. The molecule has 2 unspecified atom stereocenters. The molecule has 0 aromatic heterocycles. The van der Waals surface area contributed by atoms with Gasteiger partial charge in [0.05, 0.1) is 24.7 Å². The highest BCUT2D eigenvalue weighted by Gasteiger charge is 2.49. The Hall–Kier alpha value is -0.450. The summed E-state index contributed by atoms with van der Waals surface area (Å²) in [5, 5.41) is 10.3. The van der Waals surface area contributed by atoms with Crippen LogP contribution in [0.2, 0.25) is 0 Å². The topological polar surface area (TPSA) is 55.8 Å². The maximum absolute atomic E-state index is 12.4. The molecule has 4 heteroatoms. The normalized spacial score (nSPS) is 33.6. The number of ether oxygens (including phenoxy) is 2. The molecule has 2 atom stereocenters. The highest BCUT2D eigenvalue weighted by Crippen LogP contribution is 2.44. The smallest absolute Gasteiger partial charge is 0.168 e. The molecule has 2 aliphatic rings. The van der Waals surface area contributed by atoms with Gasteiger partial charge in [0.1, 0.15) is 5.78 Å². The van der Waals surface area contributed by atoms with Crippen LogP contribution >= 0.6 is 0 Å². The van der Waals surface area contributed by atoms with Gasteiger partial charge < -0.3 is 14.6 Å². The zero-order valence-electron chi connectivity index (χ0n) is 11.4. The summed E-state index contributed by atoms with van der Waals surface area (Å²) in [6, 6.07) is 0. The van der Waals surface area contributed by atoms with Crippen molar-refractivity contribution >= 4 is 5.78 Å². The Morgan fingerprint density at radius 2 is 1.89 bits per heavy atom. The number of Topliss-reactive ketones (excluding diaryl/α,β-unsaturated/α-hetero) is 1. The van der Waals surface area contributed by atoms with E-state index in [1.54, 1.807) is 0 Å². The Kier molecular flexibility index (Phi) is 4.09. The summed E-state index contributed by atoms with van der Waals surface area (Å²) in [7, 11) is 0. The Balaban J connectivity index is 2.19. The lowest BCUT2D eigenvalue weighted by molar-refractivity contribution is -0.167. The Bertz CT molecular complexity index is 309. The minimum atomic E-state index is -0.590. The van der Waals surface area contributed by atoms with Crippen molar-refractivity contribution < 1.29 is 19.4 Å². The third-order valence-corrected chi connectivity index (χ3v) is 4.71. The summed E-state index contributed by atoms with van der Waals surface area (Å²) in [6.07, 6.45) is 3.22. The van der Waals surface area contributed by atoms with Gasteiger partial charge in [-0.25, -0.2) is 0 Å². The molecule has 1 saturated carbocycles. The molecule has 0 bridgehead atoms. The van der Waals surface area contributed by atoms with Gasteiger partial charge in [0.25, 0.3) is 0 Å². The highest BCUT2D eigenvalue weighted by atomic mass is 16.7. The molecule has 18 heavy (non-hydrogen) atoms. The average Bonchev–Trinajstić information content (AvgIpc) is 2.80. The standard InChI is InChI=1S/C14H24O4/c1-3-11(15)13(4-2)7-8-14(6-5-12(13)16)17-9-10-18-14/h11,15H,3-10H2,1-2H3. The van der Waals surface area contributed by atoms with E-state index in [4.69, 9.17) is 9.47 Å². The van der Waals surface area contributed by atoms with Crippen LogP contribution in [0.4, 0.5) is 0 Å². The van der Waals surface area contributed by atoms with Gasteiger partial charge >= 0.3 is 0 Å². The molecular formula is C14H24O4.